The lowest BCUT2D eigenvalue weighted by molar-refractivity contribution is -0.122. The molecule has 1 heterocycles. The first kappa shape index (κ1) is 17.0. The van der Waals surface area contributed by atoms with Crippen LogP contribution < -0.4 is 10.0 Å². The highest BCUT2D eigenvalue weighted by molar-refractivity contribution is 7.98. The maximum Gasteiger partial charge on any atom is 0.250 e. The van der Waals surface area contributed by atoms with Crippen molar-refractivity contribution in [1.29, 1.82) is 5.26 Å². The van der Waals surface area contributed by atoms with Gasteiger partial charge >= 0.3 is 0 Å². The minimum atomic E-state index is -3.68. The monoisotopic (exact) mass is 333 g/mol. The minimum Gasteiger partial charge on any atom is -0.354 e. The molecule has 0 aliphatic carbocycles. The Morgan fingerprint density at radius 1 is 1.60 bits per heavy atom. The summed E-state index contributed by atoms with van der Waals surface area (Å²) in [7, 11) is -3.68. The molecule has 0 saturated carbocycles. The standard InChI is InChI=1S/C11H15N3O3S3/c1-18-8-9(11(15)13-6-3-5-12)14-20(16,17)10-4-2-7-19-10/h2,4,7,9,14H,3,6,8H2,1H3,(H,13,15). The number of rotatable bonds is 8. The lowest BCUT2D eigenvalue weighted by Gasteiger charge is -2.16. The van der Waals surface area contributed by atoms with Gasteiger partial charge in [-0.25, -0.2) is 8.42 Å². The summed E-state index contributed by atoms with van der Waals surface area (Å²) < 4.78 is 26.7. The number of nitriles is 1. The van der Waals surface area contributed by atoms with Crippen LogP contribution in [0, 0.1) is 11.3 Å². The lowest BCUT2D eigenvalue weighted by atomic mass is 10.3. The minimum absolute atomic E-state index is 0.174. The summed E-state index contributed by atoms with van der Waals surface area (Å²) >= 11 is 2.46. The number of thioether (sulfide) groups is 1. The Morgan fingerprint density at radius 2 is 2.35 bits per heavy atom. The molecule has 0 aliphatic heterocycles. The van der Waals surface area contributed by atoms with Gasteiger partial charge in [0.25, 0.3) is 10.0 Å². The third-order valence-corrected chi connectivity index (χ3v) is 5.78. The third kappa shape index (κ3) is 5.13. The number of nitrogens with zero attached hydrogens (tertiary/aromatic N) is 1. The summed E-state index contributed by atoms with van der Waals surface area (Å²) in [5.41, 5.74) is 0. The lowest BCUT2D eigenvalue weighted by Crippen LogP contribution is -2.48. The number of carbonyl (C=O) groups is 1. The summed E-state index contributed by atoms with van der Waals surface area (Å²) in [6, 6.07) is 4.17. The zero-order valence-electron chi connectivity index (χ0n) is 10.8. The summed E-state index contributed by atoms with van der Waals surface area (Å²) in [5, 5.41) is 12.6. The van der Waals surface area contributed by atoms with Crippen molar-refractivity contribution in [1.82, 2.24) is 10.0 Å². The predicted octanol–water partition coefficient (Wildman–Crippen LogP) is 0.788. The zero-order valence-corrected chi connectivity index (χ0v) is 13.3. The molecule has 1 rings (SSSR count). The molecule has 2 N–H and O–H groups in total. The van der Waals surface area contributed by atoms with Gasteiger partial charge in [0.05, 0.1) is 12.5 Å². The summed E-state index contributed by atoms with van der Waals surface area (Å²) in [4.78, 5) is 11.9. The van der Waals surface area contributed by atoms with Gasteiger partial charge in [0.2, 0.25) is 5.91 Å². The van der Waals surface area contributed by atoms with Crippen LogP contribution in [0.1, 0.15) is 6.42 Å². The summed E-state index contributed by atoms with van der Waals surface area (Å²) in [6.07, 6.45) is 1.98. The van der Waals surface area contributed by atoms with E-state index in [2.05, 4.69) is 10.0 Å². The first-order valence-electron chi connectivity index (χ1n) is 5.70. The van der Waals surface area contributed by atoms with Crippen LogP contribution in [0.5, 0.6) is 0 Å². The Bertz CT molecular complexity index is 563. The fourth-order valence-corrected chi connectivity index (χ4v) is 4.23. The van der Waals surface area contributed by atoms with Crippen molar-refractivity contribution in [3.8, 4) is 6.07 Å². The van der Waals surface area contributed by atoms with Crippen molar-refractivity contribution in [2.24, 2.45) is 0 Å². The highest BCUT2D eigenvalue weighted by Crippen LogP contribution is 2.16. The van der Waals surface area contributed by atoms with Crippen LogP contribution in [0.4, 0.5) is 0 Å². The molecule has 20 heavy (non-hydrogen) atoms. The molecule has 0 aliphatic rings. The van der Waals surface area contributed by atoms with Crippen molar-refractivity contribution in [3.63, 3.8) is 0 Å². The van der Waals surface area contributed by atoms with E-state index in [0.717, 1.165) is 11.3 Å². The average molecular weight is 333 g/mol. The number of carbonyl (C=O) groups excluding carboxylic acids is 1. The second-order valence-corrected chi connectivity index (χ2v) is 7.56. The highest BCUT2D eigenvalue weighted by atomic mass is 32.2. The molecule has 0 saturated heterocycles. The van der Waals surface area contributed by atoms with Gasteiger partial charge in [-0.05, 0) is 17.7 Å². The second kappa shape index (κ2) is 8.26. The van der Waals surface area contributed by atoms with Crippen LogP contribution >= 0.6 is 23.1 Å². The van der Waals surface area contributed by atoms with E-state index in [-0.39, 0.29) is 17.2 Å². The van der Waals surface area contributed by atoms with Crippen molar-refractivity contribution in [2.45, 2.75) is 16.7 Å². The maximum atomic E-state index is 12.1. The Labute approximate surface area is 126 Å². The Balaban J connectivity index is 2.72. The topological polar surface area (TPSA) is 99.1 Å². The van der Waals surface area contributed by atoms with Crippen LogP contribution in [-0.2, 0) is 14.8 Å². The predicted molar refractivity (Wildman–Crippen MR) is 80.1 cm³/mol. The SMILES string of the molecule is CSCC(NS(=O)(=O)c1cccs1)C(=O)NCCC#N. The molecule has 9 heteroatoms. The van der Waals surface area contributed by atoms with Gasteiger partial charge in [0.1, 0.15) is 10.3 Å². The van der Waals surface area contributed by atoms with Crippen molar-refractivity contribution in [2.75, 3.05) is 18.6 Å². The Hall–Kier alpha value is -1.08. The summed E-state index contributed by atoms with van der Waals surface area (Å²) in [5.74, 6) is -0.0991. The van der Waals surface area contributed by atoms with Gasteiger partial charge in [-0.3, -0.25) is 4.79 Å². The quantitative estimate of drug-likeness (QED) is 0.685. The maximum absolute atomic E-state index is 12.1. The number of sulfonamides is 1. The van der Waals surface area contributed by atoms with Gasteiger partial charge in [0, 0.05) is 12.3 Å². The fourth-order valence-electron chi connectivity index (χ4n) is 1.36. The smallest absolute Gasteiger partial charge is 0.250 e. The molecule has 6 nitrogen and oxygen atoms in total. The van der Waals surface area contributed by atoms with E-state index < -0.39 is 22.0 Å². The Kier molecular flexibility index (Phi) is 7.01. The molecule has 1 atom stereocenters. The molecule has 0 radical (unpaired) electrons. The van der Waals surface area contributed by atoms with E-state index in [1.807, 2.05) is 6.07 Å². The van der Waals surface area contributed by atoms with Crippen LogP contribution in [0.2, 0.25) is 0 Å². The molecule has 0 aromatic carbocycles. The molecule has 110 valence electrons. The van der Waals surface area contributed by atoms with Gasteiger partial charge in [-0.15, -0.1) is 11.3 Å². The van der Waals surface area contributed by atoms with Crippen molar-refractivity contribution < 1.29 is 13.2 Å². The van der Waals surface area contributed by atoms with Gasteiger partial charge < -0.3 is 5.32 Å². The fraction of sp³-hybridized carbons (Fsp3) is 0.455. The number of hydrogen-bond acceptors (Lipinski definition) is 6. The van der Waals surface area contributed by atoms with Crippen molar-refractivity contribution >= 4 is 39.0 Å². The van der Waals surface area contributed by atoms with Crippen molar-refractivity contribution in [3.05, 3.63) is 17.5 Å². The van der Waals surface area contributed by atoms with Crippen LogP contribution in [0.3, 0.4) is 0 Å². The van der Waals surface area contributed by atoms with Gasteiger partial charge in [0.15, 0.2) is 0 Å². The van der Waals surface area contributed by atoms with Gasteiger partial charge in [-0.2, -0.15) is 21.7 Å². The normalized spacial score (nSPS) is 12.6. The molecular weight excluding hydrogens is 318 g/mol. The van der Waals surface area contributed by atoms with Crippen LogP contribution in [0.25, 0.3) is 0 Å². The molecule has 0 spiro atoms. The number of amides is 1. The van der Waals surface area contributed by atoms with E-state index in [0.29, 0.717) is 5.75 Å². The molecule has 1 aromatic rings. The number of nitrogens with one attached hydrogen (secondary N) is 2. The third-order valence-electron chi connectivity index (χ3n) is 2.24. The van der Waals surface area contributed by atoms with E-state index >= 15 is 0 Å². The van der Waals surface area contributed by atoms with Crippen LogP contribution in [-0.4, -0.2) is 38.9 Å². The first-order chi connectivity index (χ1) is 9.51. The van der Waals surface area contributed by atoms with E-state index in [4.69, 9.17) is 5.26 Å². The van der Waals surface area contributed by atoms with E-state index in [1.54, 1.807) is 17.7 Å². The zero-order chi connectivity index (χ0) is 15.0. The van der Waals surface area contributed by atoms with E-state index in [1.165, 1.54) is 17.8 Å². The molecule has 1 amide bonds. The molecule has 1 unspecified atom stereocenters. The van der Waals surface area contributed by atoms with Gasteiger partial charge in [-0.1, -0.05) is 6.07 Å². The largest absolute Gasteiger partial charge is 0.354 e. The average Bonchev–Trinajstić information content (AvgIpc) is 2.93. The Morgan fingerprint density at radius 3 is 2.90 bits per heavy atom. The number of thiophene rings is 1. The summed E-state index contributed by atoms with van der Waals surface area (Å²) in [6.45, 7) is 0.209. The first-order valence-corrected chi connectivity index (χ1v) is 9.46. The second-order valence-electron chi connectivity index (χ2n) is 3.76. The van der Waals surface area contributed by atoms with Crippen LogP contribution in [0.15, 0.2) is 21.7 Å². The molecular formula is C11H15N3O3S3. The number of hydrogen-bond donors (Lipinski definition) is 2. The molecule has 0 bridgehead atoms. The molecule has 0 fully saturated rings. The molecule has 1 aromatic heterocycles. The highest BCUT2D eigenvalue weighted by Gasteiger charge is 2.25. The van der Waals surface area contributed by atoms with E-state index in [9.17, 15) is 13.2 Å².